The minimum Gasteiger partial charge on any atom is -0.396 e. The number of amides is 1. The summed E-state index contributed by atoms with van der Waals surface area (Å²) in [5.74, 6) is 0.156. The van der Waals surface area contributed by atoms with Crippen LogP contribution in [0.3, 0.4) is 0 Å². The lowest BCUT2D eigenvalue weighted by atomic mass is 10.0. The lowest BCUT2D eigenvalue weighted by Gasteiger charge is -2.17. The number of benzene rings is 2. The summed E-state index contributed by atoms with van der Waals surface area (Å²) in [6.07, 6.45) is 0.414. The molecule has 28 heavy (non-hydrogen) atoms. The van der Waals surface area contributed by atoms with Crippen molar-refractivity contribution in [2.24, 2.45) is 0 Å². The van der Waals surface area contributed by atoms with Gasteiger partial charge in [0.1, 0.15) is 0 Å². The zero-order valence-electron chi connectivity index (χ0n) is 15.3. The van der Waals surface area contributed by atoms with Crippen LogP contribution >= 0.6 is 0 Å². The van der Waals surface area contributed by atoms with Gasteiger partial charge < -0.3 is 14.9 Å². The molecule has 142 valence electrons. The van der Waals surface area contributed by atoms with Gasteiger partial charge in [0.2, 0.25) is 0 Å². The molecule has 4 aromatic rings. The molecule has 0 saturated carbocycles. The number of aliphatic hydroxyl groups excluding tert-OH is 1. The quantitative estimate of drug-likeness (QED) is 0.479. The zero-order chi connectivity index (χ0) is 19.5. The second kappa shape index (κ2) is 7.66. The number of nitrogens with one attached hydrogen (secondary N) is 2. The summed E-state index contributed by atoms with van der Waals surface area (Å²) in [5, 5.41) is 24.3. The van der Waals surface area contributed by atoms with Crippen molar-refractivity contribution in [2.75, 3.05) is 6.61 Å². The Bertz CT molecular complexity index is 1100. The molecule has 0 aliphatic rings. The molecule has 2 heterocycles. The van der Waals surface area contributed by atoms with E-state index < -0.39 is 0 Å². The van der Waals surface area contributed by atoms with Gasteiger partial charge in [-0.2, -0.15) is 5.10 Å². The molecule has 0 fully saturated rings. The Balaban J connectivity index is 1.55. The van der Waals surface area contributed by atoms with Crippen molar-refractivity contribution in [3.05, 3.63) is 71.5 Å². The molecular formula is C21H20N4O3. The first-order valence-corrected chi connectivity index (χ1v) is 9.04. The van der Waals surface area contributed by atoms with Crippen LogP contribution in [-0.2, 0) is 0 Å². The van der Waals surface area contributed by atoms with Crippen LogP contribution in [0.2, 0.25) is 0 Å². The molecule has 1 amide bonds. The summed E-state index contributed by atoms with van der Waals surface area (Å²) in [4.78, 5) is 12.6. The minimum absolute atomic E-state index is 0.0338. The van der Waals surface area contributed by atoms with E-state index in [0.717, 1.165) is 27.7 Å². The van der Waals surface area contributed by atoms with Crippen LogP contribution in [0.15, 0.2) is 59.1 Å². The van der Waals surface area contributed by atoms with Crippen molar-refractivity contribution in [2.45, 2.75) is 19.4 Å². The van der Waals surface area contributed by atoms with E-state index in [0.29, 0.717) is 12.2 Å². The van der Waals surface area contributed by atoms with Crippen LogP contribution in [0.1, 0.15) is 34.2 Å². The van der Waals surface area contributed by atoms with E-state index >= 15 is 0 Å². The number of rotatable bonds is 6. The lowest BCUT2D eigenvalue weighted by molar-refractivity contribution is 0.0921. The molecule has 2 aromatic heterocycles. The Hall–Kier alpha value is -3.45. The highest BCUT2D eigenvalue weighted by Crippen LogP contribution is 2.26. The van der Waals surface area contributed by atoms with Crippen molar-refractivity contribution in [1.82, 2.24) is 20.7 Å². The topological polar surface area (TPSA) is 104 Å². The Labute approximate surface area is 161 Å². The van der Waals surface area contributed by atoms with Gasteiger partial charge in [-0.1, -0.05) is 35.5 Å². The molecule has 0 aliphatic carbocycles. The van der Waals surface area contributed by atoms with Gasteiger partial charge in [-0.25, -0.2) is 0 Å². The van der Waals surface area contributed by atoms with E-state index in [4.69, 9.17) is 4.52 Å². The van der Waals surface area contributed by atoms with Gasteiger partial charge in [0.25, 0.3) is 5.91 Å². The highest BCUT2D eigenvalue weighted by molar-refractivity contribution is 5.94. The average molecular weight is 376 g/mol. The van der Waals surface area contributed by atoms with E-state index in [1.165, 1.54) is 0 Å². The molecule has 1 atom stereocenters. The van der Waals surface area contributed by atoms with Gasteiger partial charge in [-0.05, 0) is 37.1 Å². The van der Waals surface area contributed by atoms with Crippen molar-refractivity contribution in [1.29, 1.82) is 0 Å². The average Bonchev–Trinajstić information content (AvgIpc) is 3.36. The van der Waals surface area contributed by atoms with Crippen molar-refractivity contribution >= 4 is 16.8 Å². The van der Waals surface area contributed by atoms with Crippen molar-refractivity contribution < 1.29 is 14.4 Å². The maximum absolute atomic E-state index is 12.6. The predicted octanol–water partition coefficient (Wildman–Crippen LogP) is 3.38. The molecule has 7 nitrogen and oxygen atoms in total. The second-order valence-electron chi connectivity index (χ2n) is 6.61. The van der Waals surface area contributed by atoms with Crippen LogP contribution in [0.4, 0.5) is 0 Å². The molecule has 0 radical (unpaired) electrons. The van der Waals surface area contributed by atoms with E-state index in [-0.39, 0.29) is 24.2 Å². The zero-order valence-corrected chi connectivity index (χ0v) is 15.3. The largest absolute Gasteiger partial charge is 0.396 e. The van der Waals surface area contributed by atoms with Crippen LogP contribution in [0.25, 0.3) is 22.2 Å². The summed E-state index contributed by atoms with van der Waals surface area (Å²) in [6.45, 7) is 1.91. The molecule has 4 rings (SSSR count). The Morgan fingerprint density at radius 1 is 1.21 bits per heavy atom. The lowest BCUT2D eigenvalue weighted by Crippen LogP contribution is -2.29. The first-order chi connectivity index (χ1) is 13.7. The maximum atomic E-state index is 12.6. The van der Waals surface area contributed by atoms with E-state index in [2.05, 4.69) is 20.7 Å². The number of aromatic amines is 1. The van der Waals surface area contributed by atoms with Crippen LogP contribution in [0, 0.1) is 6.92 Å². The maximum Gasteiger partial charge on any atom is 0.273 e. The number of carbonyl (C=O) groups is 1. The van der Waals surface area contributed by atoms with Gasteiger partial charge in [0, 0.05) is 29.3 Å². The molecular weight excluding hydrogens is 356 g/mol. The molecule has 7 heteroatoms. The third kappa shape index (κ3) is 3.52. The number of nitrogens with zero attached hydrogens (tertiary/aromatic N) is 2. The first-order valence-electron chi connectivity index (χ1n) is 9.04. The fraction of sp³-hybridized carbons (Fsp3) is 0.190. The van der Waals surface area contributed by atoms with Crippen molar-refractivity contribution in [3.63, 3.8) is 0 Å². The number of fused-ring (bicyclic) bond motifs is 1. The summed E-state index contributed by atoms with van der Waals surface area (Å²) >= 11 is 0. The van der Waals surface area contributed by atoms with E-state index in [9.17, 15) is 9.90 Å². The Morgan fingerprint density at radius 3 is 2.82 bits per heavy atom. The van der Waals surface area contributed by atoms with Crippen LogP contribution in [0.5, 0.6) is 0 Å². The molecule has 0 aliphatic heterocycles. The molecule has 0 spiro atoms. The third-order valence-corrected chi connectivity index (χ3v) is 4.70. The number of hydrogen-bond acceptors (Lipinski definition) is 5. The number of hydrogen-bond donors (Lipinski definition) is 3. The molecule has 0 saturated heterocycles. The van der Waals surface area contributed by atoms with E-state index in [1.54, 1.807) is 6.07 Å². The molecule has 0 bridgehead atoms. The van der Waals surface area contributed by atoms with E-state index in [1.807, 2.05) is 55.5 Å². The van der Waals surface area contributed by atoms with Crippen LogP contribution in [-0.4, -0.2) is 33.0 Å². The third-order valence-electron chi connectivity index (χ3n) is 4.70. The number of aliphatic hydroxyl groups is 1. The number of carbonyl (C=O) groups excluding carboxylic acids is 1. The number of aryl methyl sites for hydroxylation is 1. The molecule has 3 N–H and O–H groups in total. The fourth-order valence-corrected chi connectivity index (χ4v) is 3.18. The van der Waals surface area contributed by atoms with Crippen LogP contribution < -0.4 is 5.32 Å². The normalized spacial score (nSPS) is 12.2. The van der Waals surface area contributed by atoms with Gasteiger partial charge in [-0.15, -0.1) is 0 Å². The number of H-pyrrole nitrogens is 1. The SMILES string of the molecule is Cc1[nH]nc2ccc(-c3cc(C(=O)NC(CCO)c4ccccc4)no3)cc12. The first kappa shape index (κ1) is 17.9. The predicted molar refractivity (Wildman–Crippen MR) is 105 cm³/mol. The fourth-order valence-electron chi connectivity index (χ4n) is 3.18. The number of aromatic nitrogens is 3. The van der Waals surface area contributed by atoms with Gasteiger partial charge >= 0.3 is 0 Å². The summed E-state index contributed by atoms with van der Waals surface area (Å²) in [5.41, 5.74) is 3.77. The summed E-state index contributed by atoms with van der Waals surface area (Å²) in [6, 6.07) is 16.6. The van der Waals surface area contributed by atoms with Crippen molar-refractivity contribution in [3.8, 4) is 11.3 Å². The molecule has 2 aromatic carbocycles. The highest BCUT2D eigenvalue weighted by Gasteiger charge is 2.19. The Morgan fingerprint density at radius 2 is 2.04 bits per heavy atom. The van der Waals surface area contributed by atoms with Gasteiger partial charge in [-0.3, -0.25) is 9.89 Å². The highest BCUT2D eigenvalue weighted by atomic mass is 16.5. The monoisotopic (exact) mass is 376 g/mol. The standard InChI is InChI=1S/C21H20N4O3/c1-13-16-11-15(7-8-18(16)24-23-13)20-12-19(25-28-20)21(27)22-17(9-10-26)14-5-3-2-4-6-14/h2-8,11-12,17,26H,9-10H2,1H3,(H,22,27)(H,23,24). The smallest absolute Gasteiger partial charge is 0.273 e. The van der Waals surface area contributed by atoms with Gasteiger partial charge in [0.05, 0.1) is 11.6 Å². The molecule has 1 unspecified atom stereocenters. The summed E-state index contributed by atoms with van der Waals surface area (Å²) < 4.78 is 5.39. The Kier molecular flexibility index (Phi) is 4.90. The minimum atomic E-state index is -0.349. The van der Waals surface area contributed by atoms with Gasteiger partial charge in [0.15, 0.2) is 11.5 Å². The summed E-state index contributed by atoms with van der Waals surface area (Å²) in [7, 11) is 0. The second-order valence-corrected chi connectivity index (χ2v) is 6.61.